The molecule has 1 atom stereocenters. The Kier molecular flexibility index (Phi) is 3.50. The molecule has 0 aliphatic carbocycles. The van der Waals surface area contributed by atoms with E-state index in [4.69, 9.17) is 16.6 Å². The number of aromatic nitrogens is 2. The van der Waals surface area contributed by atoms with Crippen molar-refractivity contribution in [2.24, 2.45) is 0 Å². The summed E-state index contributed by atoms with van der Waals surface area (Å²) in [6, 6.07) is 12.7. The first-order chi connectivity index (χ1) is 9.99. The van der Waals surface area contributed by atoms with Crippen molar-refractivity contribution in [3.8, 4) is 5.69 Å². The second-order valence-corrected chi connectivity index (χ2v) is 6.31. The zero-order chi connectivity index (χ0) is 15.1. The summed E-state index contributed by atoms with van der Waals surface area (Å²) in [7, 11) is 0. The van der Waals surface area contributed by atoms with Crippen molar-refractivity contribution >= 4 is 22.6 Å². The van der Waals surface area contributed by atoms with Gasteiger partial charge in [-0.15, -0.1) is 11.6 Å². The highest BCUT2D eigenvalue weighted by atomic mass is 35.5. The van der Waals surface area contributed by atoms with Gasteiger partial charge in [-0.3, -0.25) is 4.57 Å². The lowest BCUT2D eigenvalue weighted by molar-refractivity contribution is 0.876. The van der Waals surface area contributed by atoms with Crippen LogP contribution in [0.3, 0.4) is 0 Å². The van der Waals surface area contributed by atoms with E-state index in [2.05, 4.69) is 49.6 Å². The van der Waals surface area contributed by atoms with E-state index < -0.39 is 0 Å². The monoisotopic (exact) mass is 298 g/mol. The maximum absolute atomic E-state index is 6.38. The number of nitrogens with zero attached hydrogens (tertiary/aromatic N) is 2. The predicted octanol–water partition coefficient (Wildman–Crippen LogP) is 5.25. The largest absolute Gasteiger partial charge is 0.295 e. The van der Waals surface area contributed by atoms with Gasteiger partial charge in [-0.05, 0) is 51.0 Å². The van der Waals surface area contributed by atoms with Crippen LogP contribution < -0.4 is 0 Å². The van der Waals surface area contributed by atoms with E-state index in [1.165, 1.54) is 16.7 Å². The molecule has 1 heterocycles. The third kappa shape index (κ3) is 2.34. The van der Waals surface area contributed by atoms with Crippen molar-refractivity contribution in [2.75, 3.05) is 0 Å². The van der Waals surface area contributed by atoms with Gasteiger partial charge in [0, 0.05) is 0 Å². The first-order valence-corrected chi connectivity index (χ1v) is 7.62. The van der Waals surface area contributed by atoms with E-state index >= 15 is 0 Å². The minimum absolute atomic E-state index is 0.141. The fourth-order valence-electron chi connectivity index (χ4n) is 2.88. The molecule has 0 saturated heterocycles. The van der Waals surface area contributed by atoms with Gasteiger partial charge in [-0.2, -0.15) is 0 Å². The van der Waals surface area contributed by atoms with Crippen LogP contribution in [0.15, 0.2) is 36.4 Å². The topological polar surface area (TPSA) is 17.8 Å². The highest BCUT2D eigenvalue weighted by Gasteiger charge is 2.18. The molecule has 0 N–H and O–H groups in total. The molecule has 0 fully saturated rings. The molecule has 1 aromatic heterocycles. The molecule has 3 rings (SSSR count). The Morgan fingerprint density at radius 3 is 2.48 bits per heavy atom. The Labute approximate surface area is 130 Å². The Bertz CT molecular complexity index is 815. The summed E-state index contributed by atoms with van der Waals surface area (Å²) in [5, 5.41) is -0.141. The average molecular weight is 299 g/mol. The maximum atomic E-state index is 6.38. The molecular formula is C18H19ClN2. The summed E-state index contributed by atoms with van der Waals surface area (Å²) >= 11 is 6.38. The summed E-state index contributed by atoms with van der Waals surface area (Å²) in [4.78, 5) is 4.74. The molecule has 0 amide bonds. The molecule has 0 saturated carbocycles. The summed E-state index contributed by atoms with van der Waals surface area (Å²) in [5.41, 5.74) is 7.00. The normalized spacial score (nSPS) is 12.8. The van der Waals surface area contributed by atoms with Crippen LogP contribution in [0.2, 0.25) is 0 Å². The van der Waals surface area contributed by atoms with Crippen molar-refractivity contribution < 1.29 is 0 Å². The van der Waals surface area contributed by atoms with E-state index in [1.54, 1.807) is 0 Å². The molecule has 0 bridgehead atoms. The number of alkyl halides is 1. The SMILES string of the molecule is Cc1ccc(-n2c(C(C)Cl)nc3cccc(C)c32)c(C)c1. The fraction of sp³-hybridized carbons (Fsp3) is 0.278. The molecule has 1 unspecified atom stereocenters. The Hall–Kier alpha value is -1.80. The quantitative estimate of drug-likeness (QED) is 0.591. The van der Waals surface area contributed by atoms with Gasteiger partial charge in [0.05, 0.1) is 22.1 Å². The number of benzene rings is 2. The van der Waals surface area contributed by atoms with Crippen LogP contribution in [-0.2, 0) is 0 Å². The Morgan fingerprint density at radius 1 is 1.05 bits per heavy atom. The smallest absolute Gasteiger partial charge is 0.132 e. The second kappa shape index (κ2) is 5.19. The maximum Gasteiger partial charge on any atom is 0.132 e. The fourth-order valence-corrected chi connectivity index (χ4v) is 3.03. The first kappa shape index (κ1) is 14.2. The van der Waals surface area contributed by atoms with E-state index in [0.29, 0.717) is 0 Å². The molecule has 21 heavy (non-hydrogen) atoms. The van der Waals surface area contributed by atoms with Crippen LogP contribution in [0.5, 0.6) is 0 Å². The number of imidazole rings is 1. The minimum atomic E-state index is -0.141. The van der Waals surface area contributed by atoms with Gasteiger partial charge in [0.2, 0.25) is 0 Å². The van der Waals surface area contributed by atoms with Gasteiger partial charge < -0.3 is 0 Å². The average Bonchev–Trinajstić information content (AvgIpc) is 2.80. The molecule has 108 valence electrons. The standard InChI is InChI=1S/C18H19ClN2/c1-11-8-9-16(13(3)10-11)21-17-12(2)6-5-7-15(17)20-18(21)14(4)19/h5-10,14H,1-4H3. The molecule has 0 spiro atoms. The highest BCUT2D eigenvalue weighted by molar-refractivity contribution is 6.20. The minimum Gasteiger partial charge on any atom is -0.295 e. The van der Waals surface area contributed by atoms with E-state index in [0.717, 1.165) is 22.5 Å². The lowest BCUT2D eigenvalue weighted by atomic mass is 10.1. The van der Waals surface area contributed by atoms with Crippen LogP contribution in [0.25, 0.3) is 16.7 Å². The molecule has 3 aromatic rings. The molecule has 0 aliphatic rings. The number of hydrogen-bond acceptors (Lipinski definition) is 1. The summed E-state index contributed by atoms with van der Waals surface area (Å²) in [5.74, 6) is 0.896. The van der Waals surface area contributed by atoms with Crippen molar-refractivity contribution in [1.29, 1.82) is 0 Å². The number of fused-ring (bicyclic) bond motifs is 1. The van der Waals surface area contributed by atoms with Crippen LogP contribution in [0.1, 0.15) is 34.8 Å². The lowest BCUT2D eigenvalue weighted by Gasteiger charge is -2.14. The number of para-hydroxylation sites is 1. The molecule has 3 heteroatoms. The van der Waals surface area contributed by atoms with Crippen LogP contribution >= 0.6 is 11.6 Å². The second-order valence-electron chi connectivity index (χ2n) is 5.65. The molecule has 0 radical (unpaired) electrons. The van der Waals surface area contributed by atoms with Gasteiger partial charge in [0.1, 0.15) is 5.82 Å². The molecular weight excluding hydrogens is 280 g/mol. The third-order valence-electron chi connectivity index (χ3n) is 3.85. The number of rotatable bonds is 2. The van der Waals surface area contributed by atoms with E-state index in [1.807, 2.05) is 19.1 Å². The van der Waals surface area contributed by atoms with Gasteiger partial charge in [0.15, 0.2) is 0 Å². The van der Waals surface area contributed by atoms with Crippen molar-refractivity contribution in [1.82, 2.24) is 9.55 Å². The van der Waals surface area contributed by atoms with Gasteiger partial charge in [-0.1, -0.05) is 29.8 Å². The first-order valence-electron chi connectivity index (χ1n) is 7.18. The molecule has 2 nitrogen and oxygen atoms in total. The highest BCUT2D eigenvalue weighted by Crippen LogP contribution is 2.31. The Morgan fingerprint density at radius 2 is 1.81 bits per heavy atom. The number of aryl methyl sites for hydroxylation is 3. The Balaban J connectivity index is 2.41. The molecule has 0 aliphatic heterocycles. The van der Waals surface area contributed by atoms with Gasteiger partial charge in [-0.25, -0.2) is 4.98 Å². The summed E-state index contributed by atoms with van der Waals surface area (Å²) in [6.45, 7) is 8.33. The van der Waals surface area contributed by atoms with E-state index in [9.17, 15) is 0 Å². The van der Waals surface area contributed by atoms with Crippen LogP contribution in [0.4, 0.5) is 0 Å². The van der Waals surface area contributed by atoms with Crippen molar-refractivity contribution in [3.63, 3.8) is 0 Å². The summed E-state index contributed by atoms with van der Waals surface area (Å²) in [6.07, 6.45) is 0. The van der Waals surface area contributed by atoms with Crippen molar-refractivity contribution in [3.05, 3.63) is 58.9 Å². The van der Waals surface area contributed by atoms with Crippen LogP contribution in [-0.4, -0.2) is 9.55 Å². The zero-order valence-corrected chi connectivity index (χ0v) is 13.6. The predicted molar refractivity (Wildman–Crippen MR) is 89.5 cm³/mol. The number of hydrogen-bond donors (Lipinski definition) is 0. The van der Waals surface area contributed by atoms with Crippen molar-refractivity contribution in [2.45, 2.75) is 33.1 Å². The zero-order valence-electron chi connectivity index (χ0n) is 12.8. The van der Waals surface area contributed by atoms with Crippen LogP contribution in [0, 0.1) is 20.8 Å². The lowest BCUT2D eigenvalue weighted by Crippen LogP contribution is -2.04. The molecule has 2 aromatic carbocycles. The van der Waals surface area contributed by atoms with E-state index in [-0.39, 0.29) is 5.38 Å². The third-order valence-corrected chi connectivity index (χ3v) is 4.05. The summed E-state index contributed by atoms with van der Waals surface area (Å²) < 4.78 is 2.21. The van der Waals surface area contributed by atoms with Gasteiger partial charge >= 0.3 is 0 Å². The van der Waals surface area contributed by atoms with Gasteiger partial charge in [0.25, 0.3) is 0 Å². The number of halogens is 1.